The van der Waals surface area contributed by atoms with Gasteiger partial charge in [0.15, 0.2) is 11.6 Å². The molecule has 1 N–H and O–H groups in total. The highest BCUT2D eigenvalue weighted by Crippen LogP contribution is 2.34. The van der Waals surface area contributed by atoms with Crippen molar-refractivity contribution in [3.05, 3.63) is 64.3 Å². The minimum Gasteiger partial charge on any atom is -0.488 e. The van der Waals surface area contributed by atoms with Crippen molar-refractivity contribution in [2.45, 2.75) is 50.9 Å². The molecule has 10 nitrogen and oxygen atoms in total. The molecule has 11 heteroatoms. The smallest absolute Gasteiger partial charge is 0.269 e. The zero-order chi connectivity index (χ0) is 26.3. The molecule has 1 saturated carbocycles. The van der Waals surface area contributed by atoms with E-state index in [2.05, 4.69) is 20.5 Å². The number of sulfone groups is 1. The summed E-state index contributed by atoms with van der Waals surface area (Å²) in [5, 5.41) is 11.7. The molecule has 0 saturated heterocycles. The number of ether oxygens (including phenoxy) is 1. The summed E-state index contributed by atoms with van der Waals surface area (Å²) in [4.78, 5) is 16.4. The quantitative estimate of drug-likeness (QED) is 0.408. The van der Waals surface area contributed by atoms with Gasteiger partial charge in [0, 0.05) is 42.4 Å². The monoisotopic (exact) mass is 522 g/mol. The third-order valence-electron chi connectivity index (χ3n) is 6.80. The molecular formula is C26H30N6O4S. The summed E-state index contributed by atoms with van der Waals surface area (Å²) in [5.74, 6) is 1.82. The molecule has 194 valence electrons. The number of hydrogen-bond acceptors (Lipinski definition) is 8. The van der Waals surface area contributed by atoms with Crippen molar-refractivity contribution in [1.29, 1.82) is 0 Å². The van der Waals surface area contributed by atoms with Crippen molar-refractivity contribution in [2.24, 2.45) is 7.05 Å². The minimum absolute atomic E-state index is 0.0476. The highest BCUT2D eigenvalue weighted by Gasteiger charge is 2.29. The van der Waals surface area contributed by atoms with Crippen LogP contribution in [0.15, 0.2) is 47.5 Å². The highest BCUT2D eigenvalue weighted by molar-refractivity contribution is 7.91. The van der Waals surface area contributed by atoms with Crippen molar-refractivity contribution in [3.8, 4) is 16.9 Å². The number of anilines is 2. The van der Waals surface area contributed by atoms with Crippen LogP contribution in [0.4, 0.5) is 11.6 Å². The molecule has 0 unspecified atom stereocenters. The molecule has 0 spiro atoms. The second kappa shape index (κ2) is 9.62. The van der Waals surface area contributed by atoms with Gasteiger partial charge in [-0.25, -0.2) is 17.6 Å². The maximum absolute atomic E-state index is 11.9. The molecule has 1 aliphatic rings. The zero-order valence-electron chi connectivity index (χ0n) is 21.3. The number of aromatic nitrogens is 5. The number of nitrogens with one attached hydrogen (secondary N) is 1. The van der Waals surface area contributed by atoms with Gasteiger partial charge in [-0.05, 0) is 69.4 Å². The number of fused-ring (bicyclic) bond motifs is 1. The number of rotatable bonds is 6. The SMILES string of the molecule is Cc1cc(-c2ccn3nc(Nc4cc(C)c(=O)n(C)n4)cc3c2)c(O[C@H]2CC[C@@H](S(C)(=O)=O)CC2)cn1. The van der Waals surface area contributed by atoms with Gasteiger partial charge in [0.1, 0.15) is 15.6 Å². The maximum Gasteiger partial charge on any atom is 0.269 e. The van der Waals surface area contributed by atoms with Gasteiger partial charge >= 0.3 is 0 Å². The van der Waals surface area contributed by atoms with Gasteiger partial charge in [0.2, 0.25) is 0 Å². The van der Waals surface area contributed by atoms with E-state index < -0.39 is 9.84 Å². The van der Waals surface area contributed by atoms with Crippen LogP contribution in [-0.2, 0) is 16.9 Å². The number of hydrogen-bond donors (Lipinski definition) is 1. The fourth-order valence-corrected chi connectivity index (χ4v) is 5.93. The Morgan fingerprint density at radius 1 is 1.03 bits per heavy atom. The number of pyridine rings is 2. The standard InChI is InChI=1S/C26H30N6O4S/c1-16-11-24(29-31(3)26(16)33)28-25-14-19-13-18(9-10-32(19)30-25)22-12-17(2)27-15-23(22)36-20-5-7-21(8-6-20)37(4,34)35/h9-15,20-21H,5-8H2,1-4H3,(H,28,29,30)/t20-,21+. The normalized spacial score (nSPS) is 18.2. The molecular weight excluding hydrogens is 492 g/mol. The molecule has 0 amide bonds. The Morgan fingerprint density at radius 2 is 1.76 bits per heavy atom. The van der Waals surface area contributed by atoms with Gasteiger partial charge in [-0.15, -0.1) is 0 Å². The predicted molar refractivity (Wildman–Crippen MR) is 142 cm³/mol. The molecule has 0 atom stereocenters. The molecule has 5 rings (SSSR count). The first-order valence-electron chi connectivity index (χ1n) is 12.2. The Bertz CT molecular complexity index is 1610. The average molecular weight is 523 g/mol. The summed E-state index contributed by atoms with van der Waals surface area (Å²) in [5.41, 5.74) is 4.08. The molecule has 0 aromatic carbocycles. The van der Waals surface area contributed by atoms with E-state index in [-0.39, 0.29) is 16.9 Å². The highest BCUT2D eigenvalue weighted by atomic mass is 32.2. The molecule has 0 radical (unpaired) electrons. The molecule has 4 aromatic rings. The molecule has 4 heterocycles. The van der Waals surface area contributed by atoms with Crippen molar-refractivity contribution in [3.63, 3.8) is 0 Å². The van der Waals surface area contributed by atoms with Crippen molar-refractivity contribution < 1.29 is 13.2 Å². The van der Waals surface area contributed by atoms with Gasteiger partial charge in [-0.2, -0.15) is 10.2 Å². The minimum atomic E-state index is -3.02. The number of nitrogens with zero attached hydrogens (tertiary/aromatic N) is 5. The second-order valence-electron chi connectivity index (χ2n) is 9.75. The van der Waals surface area contributed by atoms with Crippen molar-refractivity contribution in [1.82, 2.24) is 24.4 Å². The molecule has 0 bridgehead atoms. The fourth-order valence-electron chi connectivity index (χ4n) is 4.80. The Hall–Kier alpha value is -3.73. The van der Waals surface area contributed by atoms with Crippen LogP contribution in [0.1, 0.15) is 36.9 Å². The molecule has 1 aliphatic carbocycles. The van der Waals surface area contributed by atoms with E-state index >= 15 is 0 Å². The summed E-state index contributed by atoms with van der Waals surface area (Å²) in [6.45, 7) is 3.69. The van der Waals surface area contributed by atoms with E-state index in [0.717, 1.165) is 22.3 Å². The maximum atomic E-state index is 11.9. The first-order valence-corrected chi connectivity index (χ1v) is 14.2. The van der Waals surface area contributed by atoms with Crippen LogP contribution in [0.3, 0.4) is 0 Å². The Balaban J connectivity index is 1.39. The molecule has 37 heavy (non-hydrogen) atoms. The Kier molecular flexibility index (Phi) is 6.49. The molecule has 0 aliphatic heterocycles. The van der Waals surface area contributed by atoms with Gasteiger partial charge in [-0.3, -0.25) is 9.78 Å². The molecule has 4 aromatic heterocycles. The van der Waals surface area contributed by atoms with Crippen LogP contribution in [0, 0.1) is 13.8 Å². The lowest BCUT2D eigenvalue weighted by Gasteiger charge is -2.28. The Morgan fingerprint density at radius 3 is 2.46 bits per heavy atom. The zero-order valence-corrected chi connectivity index (χ0v) is 22.1. The summed E-state index contributed by atoms with van der Waals surface area (Å²) >= 11 is 0. The predicted octanol–water partition coefficient (Wildman–Crippen LogP) is 3.59. The molecule has 1 fully saturated rings. The average Bonchev–Trinajstić information content (AvgIpc) is 3.24. The lowest BCUT2D eigenvalue weighted by Crippen LogP contribution is -2.31. The third kappa shape index (κ3) is 5.36. The van der Waals surface area contributed by atoms with Crippen molar-refractivity contribution in [2.75, 3.05) is 11.6 Å². The lowest BCUT2D eigenvalue weighted by atomic mass is 9.97. The van der Waals surface area contributed by atoms with Gasteiger partial charge in [0.25, 0.3) is 5.56 Å². The van der Waals surface area contributed by atoms with Crippen LogP contribution < -0.4 is 15.6 Å². The Labute approximate surface area is 215 Å². The van der Waals surface area contributed by atoms with Gasteiger partial charge in [-0.1, -0.05) is 0 Å². The number of aryl methyl sites for hydroxylation is 3. The van der Waals surface area contributed by atoms with Gasteiger partial charge < -0.3 is 10.1 Å². The second-order valence-corrected chi connectivity index (χ2v) is 12.1. The van der Waals surface area contributed by atoms with E-state index in [9.17, 15) is 13.2 Å². The van der Waals surface area contributed by atoms with Crippen LogP contribution in [0.5, 0.6) is 5.75 Å². The van der Waals surface area contributed by atoms with Crippen LogP contribution in [-0.4, -0.2) is 50.4 Å². The first kappa shape index (κ1) is 24.9. The van der Waals surface area contributed by atoms with E-state index in [4.69, 9.17) is 4.74 Å². The van der Waals surface area contributed by atoms with Crippen LogP contribution in [0.2, 0.25) is 0 Å². The van der Waals surface area contributed by atoms with Crippen LogP contribution >= 0.6 is 0 Å². The van der Waals surface area contributed by atoms with E-state index in [1.54, 1.807) is 30.8 Å². The fraction of sp³-hybridized carbons (Fsp3) is 0.385. The van der Waals surface area contributed by atoms with Crippen molar-refractivity contribution >= 4 is 27.0 Å². The van der Waals surface area contributed by atoms with E-state index in [1.165, 1.54) is 10.9 Å². The summed E-state index contributed by atoms with van der Waals surface area (Å²) in [6, 6.07) is 9.60. The largest absolute Gasteiger partial charge is 0.488 e. The topological polar surface area (TPSA) is 120 Å². The lowest BCUT2D eigenvalue weighted by molar-refractivity contribution is 0.156. The first-order chi connectivity index (χ1) is 17.6. The van der Waals surface area contributed by atoms with E-state index in [1.807, 2.05) is 37.4 Å². The summed E-state index contributed by atoms with van der Waals surface area (Å²) in [6.07, 6.45) is 7.50. The van der Waals surface area contributed by atoms with Crippen LogP contribution in [0.25, 0.3) is 16.6 Å². The van der Waals surface area contributed by atoms with E-state index in [0.29, 0.717) is 48.6 Å². The van der Waals surface area contributed by atoms with Gasteiger partial charge in [0.05, 0.1) is 23.1 Å². The summed E-state index contributed by atoms with van der Waals surface area (Å²) in [7, 11) is -1.41. The third-order valence-corrected chi connectivity index (χ3v) is 8.48. The summed E-state index contributed by atoms with van der Waals surface area (Å²) < 4.78 is 33.2.